The highest BCUT2D eigenvalue weighted by atomic mass is 16.5. The van der Waals surface area contributed by atoms with Crippen LogP contribution in [0.3, 0.4) is 0 Å². The maximum atomic E-state index is 10.9. The molecule has 0 saturated carbocycles. The predicted molar refractivity (Wildman–Crippen MR) is 61.3 cm³/mol. The van der Waals surface area contributed by atoms with E-state index in [0.29, 0.717) is 33.0 Å². The molecule has 0 amide bonds. The van der Waals surface area contributed by atoms with Gasteiger partial charge in [0.15, 0.2) is 0 Å². The lowest BCUT2D eigenvalue weighted by Gasteiger charge is -2.03. The molecule has 0 saturated heterocycles. The van der Waals surface area contributed by atoms with Crippen LogP contribution in [0.5, 0.6) is 0 Å². The number of hydrogen-bond donors (Lipinski definition) is 1. The Bertz CT molecular complexity index is 194. The first kappa shape index (κ1) is 15.1. The maximum absolute atomic E-state index is 10.9. The lowest BCUT2D eigenvalue weighted by Crippen LogP contribution is -2.20. The molecule has 16 heavy (non-hydrogen) atoms. The molecule has 0 aliphatic carbocycles. The second-order valence-electron chi connectivity index (χ2n) is 2.96. The van der Waals surface area contributed by atoms with Gasteiger partial charge in [0.1, 0.15) is 0 Å². The second kappa shape index (κ2) is 12.2. The molecule has 0 bridgehead atoms. The van der Waals surface area contributed by atoms with Crippen LogP contribution in [-0.4, -0.2) is 52.6 Å². The average molecular weight is 231 g/mol. The summed E-state index contributed by atoms with van der Waals surface area (Å²) in [6.45, 7) is 5.42. The molecule has 0 fully saturated rings. The molecule has 0 aliphatic heterocycles. The molecule has 94 valence electrons. The van der Waals surface area contributed by atoms with E-state index < -0.39 is 0 Å². The van der Waals surface area contributed by atoms with E-state index in [1.165, 1.54) is 6.08 Å². The number of nitrogens with one attached hydrogen (secondary N) is 1. The summed E-state index contributed by atoms with van der Waals surface area (Å²) in [5, 5.41) is 3.10. The molecule has 0 unspecified atom stereocenters. The van der Waals surface area contributed by atoms with E-state index in [9.17, 15) is 4.79 Å². The van der Waals surface area contributed by atoms with Crippen LogP contribution in [0, 0.1) is 0 Å². The highest BCUT2D eigenvalue weighted by Crippen LogP contribution is 1.80. The number of hydrogen-bond acceptors (Lipinski definition) is 5. The number of rotatable bonds is 10. The van der Waals surface area contributed by atoms with Crippen LogP contribution >= 0.6 is 0 Å². The maximum Gasteiger partial charge on any atom is 0.330 e. The van der Waals surface area contributed by atoms with Gasteiger partial charge < -0.3 is 19.5 Å². The Labute approximate surface area is 96.8 Å². The van der Waals surface area contributed by atoms with Crippen molar-refractivity contribution in [2.75, 3.05) is 46.6 Å². The van der Waals surface area contributed by atoms with Crippen molar-refractivity contribution >= 4 is 5.97 Å². The minimum Gasteiger partial charge on any atom is -0.463 e. The molecule has 5 nitrogen and oxygen atoms in total. The van der Waals surface area contributed by atoms with Crippen molar-refractivity contribution in [1.29, 1.82) is 0 Å². The summed E-state index contributed by atoms with van der Waals surface area (Å²) in [4.78, 5) is 10.9. The fraction of sp³-hybridized carbons (Fsp3) is 0.727. The molecule has 1 N–H and O–H groups in total. The van der Waals surface area contributed by atoms with Crippen LogP contribution in [0.25, 0.3) is 0 Å². The van der Waals surface area contributed by atoms with Crippen LogP contribution < -0.4 is 5.32 Å². The van der Waals surface area contributed by atoms with Crippen LogP contribution in [0.4, 0.5) is 0 Å². The zero-order valence-corrected chi connectivity index (χ0v) is 10.0. The molecular formula is C11H21NO4. The highest BCUT2D eigenvalue weighted by Gasteiger charge is 1.92. The van der Waals surface area contributed by atoms with Gasteiger partial charge in [-0.15, -0.1) is 0 Å². The largest absolute Gasteiger partial charge is 0.463 e. The van der Waals surface area contributed by atoms with Crippen LogP contribution in [0.1, 0.15) is 6.92 Å². The van der Waals surface area contributed by atoms with Gasteiger partial charge in [0, 0.05) is 26.3 Å². The van der Waals surface area contributed by atoms with Gasteiger partial charge in [-0.25, -0.2) is 4.79 Å². The van der Waals surface area contributed by atoms with Crippen LogP contribution in [0.2, 0.25) is 0 Å². The first-order valence-corrected chi connectivity index (χ1v) is 5.42. The summed E-state index contributed by atoms with van der Waals surface area (Å²) in [6.07, 6.45) is 3.15. The summed E-state index contributed by atoms with van der Waals surface area (Å²) in [6, 6.07) is 0. The zero-order valence-electron chi connectivity index (χ0n) is 10.0. The number of esters is 1. The summed E-state index contributed by atoms with van der Waals surface area (Å²) in [7, 11) is 1.64. The average Bonchev–Trinajstić information content (AvgIpc) is 2.27. The van der Waals surface area contributed by atoms with Crippen molar-refractivity contribution < 1.29 is 19.0 Å². The van der Waals surface area contributed by atoms with E-state index in [1.807, 2.05) is 0 Å². The smallest absolute Gasteiger partial charge is 0.330 e. The molecule has 0 heterocycles. The first-order chi connectivity index (χ1) is 7.81. The van der Waals surface area contributed by atoms with Gasteiger partial charge in [0.2, 0.25) is 0 Å². The molecule has 0 aromatic heterocycles. The molecule has 0 atom stereocenters. The second-order valence-corrected chi connectivity index (χ2v) is 2.96. The third-order valence-corrected chi connectivity index (χ3v) is 1.66. The Kier molecular flexibility index (Phi) is 11.5. The van der Waals surface area contributed by atoms with E-state index in [2.05, 4.69) is 5.32 Å². The normalized spacial score (nSPS) is 10.9. The van der Waals surface area contributed by atoms with Gasteiger partial charge in [0.25, 0.3) is 0 Å². The minimum atomic E-state index is -0.305. The van der Waals surface area contributed by atoms with Crippen LogP contribution in [0.15, 0.2) is 12.2 Å². The molecular weight excluding hydrogens is 210 g/mol. The molecule has 5 heteroatoms. The number of carbonyl (C=O) groups excluding carboxylic acids is 1. The Balaban J connectivity index is 3.17. The topological polar surface area (TPSA) is 56.8 Å². The third kappa shape index (κ3) is 11.2. The van der Waals surface area contributed by atoms with Gasteiger partial charge in [-0.1, -0.05) is 6.08 Å². The number of ether oxygens (including phenoxy) is 3. The quantitative estimate of drug-likeness (QED) is 0.334. The van der Waals surface area contributed by atoms with Gasteiger partial charge in [-0.05, 0) is 6.92 Å². The van der Waals surface area contributed by atoms with E-state index in [4.69, 9.17) is 14.2 Å². The van der Waals surface area contributed by atoms with Gasteiger partial charge in [0.05, 0.1) is 26.4 Å². The van der Waals surface area contributed by atoms with Crippen molar-refractivity contribution in [3.63, 3.8) is 0 Å². The molecule has 0 aromatic carbocycles. The summed E-state index contributed by atoms with van der Waals surface area (Å²) in [5.41, 5.74) is 0. The fourth-order valence-electron chi connectivity index (χ4n) is 0.920. The van der Waals surface area contributed by atoms with Crippen molar-refractivity contribution in [2.24, 2.45) is 0 Å². The Morgan fingerprint density at radius 2 is 2.12 bits per heavy atom. The van der Waals surface area contributed by atoms with E-state index in [0.717, 1.165) is 6.54 Å². The highest BCUT2D eigenvalue weighted by molar-refractivity contribution is 5.81. The van der Waals surface area contributed by atoms with Crippen molar-refractivity contribution in [2.45, 2.75) is 6.92 Å². The minimum absolute atomic E-state index is 0.305. The fourth-order valence-corrected chi connectivity index (χ4v) is 0.920. The number of methoxy groups -OCH3 is 1. The zero-order chi connectivity index (χ0) is 12.1. The Morgan fingerprint density at radius 1 is 1.31 bits per heavy atom. The molecule has 0 aliphatic rings. The monoisotopic (exact) mass is 231 g/mol. The van der Waals surface area contributed by atoms with Crippen LogP contribution in [-0.2, 0) is 19.0 Å². The lowest BCUT2D eigenvalue weighted by molar-refractivity contribution is -0.137. The number of carbonyl (C=O) groups is 1. The van der Waals surface area contributed by atoms with Gasteiger partial charge in [-0.2, -0.15) is 0 Å². The Hall–Kier alpha value is -0.910. The summed E-state index contributed by atoms with van der Waals surface area (Å²) < 4.78 is 14.8. The first-order valence-electron chi connectivity index (χ1n) is 5.42. The van der Waals surface area contributed by atoms with E-state index >= 15 is 0 Å². The summed E-state index contributed by atoms with van der Waals surface area (Å²) in [5.74, 6) is -0.305. The standard InChI is InChI=1S/C11H21NO4/c1-3-16-11(13)5-4-6-12-7-8-15-10-9-14-2/h4-5,12H,3,6-10H2,1-2H3/b5-4+. The van der Waals surface area contributed by atoms with Crippen molar-refractivity contribution in [3.8, 4) is 0 Å². The van der Waals surface area contributed by atoms with Crippen molar-refractivity contribution in [3.05, 3.63) is 12.2 Å². The molecule has 0 rings (SSSR count). The van der Waals surface area contributed by atoms with E-state index in [-0.39, 0.29) is 5.97 Å². The van der Waals surface area contributed by atoms with Gasteiger partial charge >= 0.3 is 5.97 Å². The Morgan fingerprint density at radius 3 is 2.81 bits per heavy atom. The van der Waals surface area contributed by atoms with E-state index in [1.54, 1.807) is 20.1 Å². The molecule has 0 radical (unpaired) electrons. The van der Waals surface area contributed by atoms with Gasteiger partial charge in [-0.3, -0.25) is 0 Å². The lowest BCUT2D eigenvalue weighted by atomic mass is 10.5. The third-order valence-electron chi connectivity index (χ3n) is 1.66. The SMILES string of the molecule is CCOC(=O)/C=C/CNCCOCCOC. The molecule has 0 aromatic rings. The summed E-state index contributed by atoms with van der Waals surface area (Å²) >= 11 is 0. The van der Waals surface area contributed by atoms with Crippen molar-refractivity contribution in [1.82, 2.24) is 5.32 Å². The predicted octanol–water partition coefficient (Wildman–Crippen LogP) is 0.358. The molecule has 0 spiro atoms.